The van der Waals surface area contributed by atoms with E-state index >= 15 is 0 Å². The molecule has 1 aromatic rings. The van der Waals surface area contributed by atoms with Gasteiger partial charge >= 0.3 is 0 Å². The fourth-order valence-corrected chi connectivity index (χ4v) is 3.53. The molecule has 0 aromatic heterocycles. The van der Waals surface area contributed by atoms with E-state index in [0.717, 1.165) is 5.92 Å². The Labute approximate surface area is 114 Å². The minimum absolute atomic E-state index is 0.532. The van der Waals surface area contributed by atoms with Crippen LogP contribution in [-0.2, 0) is 12.8 Å². The van der Waals surface area contributed by atoms with E-state index < -0.39 is 0 Å². The summed E-state index contributed by atoms with van der Waals surface area (Å²) in [5.74, 6) is 0.801. The van der Waals surface area contributed by atoms with E-state index in [-0.39, 0.29) is 0 Å². The van der Waals surface area contributed by atoms with Crippen LogP contribution >= 0.6 is 15.9 Å². The van der Waals surface area contributed by atoms with Gasteiger partial charge in [0, 0.05) is 4.83 Å². The Bertz CT molecular complexity index is 370. The number of rotatable bonds is 4. The summed E-state index contributed by atoms with van der Waals surface area (Å²) in [5, 5.41) is 0. The van der Waals surface area contributed by atoms with E-state index in [1.54, 1.807) is 11.1 Å². The lowest BCUT2D eigenvalue weighted by molar-refractivity contribution is 0.514. The van der Waals surface area contributed by atoms with Gasteiger partial charge in [-0.15, -0.1) is 0 Å². The van der Waals surface area contributed by atoms with E-state index in [0.29, 0.717) is 4.83 Å². The Balaban J connectivity index is 2.10. The van der Waals surface area contributed by atoms with Crippen LogP contribution in [0.2, 0.25) is 0 Å². The van der Waals surface area contributed by atoms with Gasteiger partial charge in [0.1, 0.15) is 0 Å². The fraction of sp³-hybridized carbons (Fsp3) is 0.625. The second-order valence-corrected chi connectivity index (χ2v) is 6.56. The molecule has 2 unspecified atom stereocenters. The first-order chi connectivity index (χ1) is 8.20. The molecule has 0 aliphatic heterocycles. The summed E-state index contributed by atoms with van der Waals surface area (Å²) in [4.78, 5) is 0.532. The standard InChI is InChI=1S/C16H23Br/c1-3-12(2)10-16(17)15-9-8-13-6-4-5-7-14(13)11-15/h8-9,11-12,16H,3-7,10H2,1-2H3. The molecule has 0 spiro atoms. The second-order valence-electron chi connectivity index (χ2n) is 5.45. The lowest BCUT2D eigenvalue weighted by Gasteiger charge is -2.20. The minimum Gasteiger partial charge on any atom is -0.0839 e. The lowest BCUT2D eigenvalue weighted by Crippen LogP contribution is -2.05. The van der Waals surface area contributed by atoms with Crippen molar-refractivity contribution >= 4 is 15.9 Å². The molecule has 0 fully saturated rings. The minimum atomic E-state index is 0.532. The van der Waals surface area contributed by atoms with Gasteiger partial charge < -0.3 is 0 Å². The normalized spacial score (nSPS) is 18.5. The maximum absolute atomic E-state index is 3.86. The molecule has 1 aliphatic carbocycles. The molecule has 0 radical (unpaired) electrons. The van der Waals surface area contributed by atoms with Crippen LogP contribution in [0.3, 0.4) is 0 Å². The summed E-state index contributed by atoms with van der Waals surface area (Å²) >= 11 is 3.86. The van der Waals surface area contributed by atoms with Crippen LogP contribution in [0.1, 0.15) is 61.0 Å². The summed E-state index contributed by atoms with van der Waals surface area (Å²) in [6.45, 7) is 4.61. The molecule has 2 rings (SSSR count). The lowest BCUT2D eigenvalue weighted by atomic mass is 9.89. The van der Waals surface area contributed by atoms with Gasteiger partial charge in [-0.3, -0.25) is 0 Å². The maximum Gasteiger partial charge on any atom is 0.0397 e. The first-order valence-electron chi connectivity index (χ1n) is 6.96. The third-order valence-corrected chi connectivity index (χ3v) is 4.94. The van der Waals surface area contributed by atoms with Gasteiger partial charge in [-0.05, 0) is 54.7 Å². The van der Waals surface area contributed by atoms with E-state index in [9.17, 15) is 0 Å². The van der Waals surface area contributed by atoms with Gasteiger partial charge in [-0.25, -0.2) is 0 Å². The van der Waals surface area contributed by atoms with Crippen molar-refractivity contribution in [2.45, 2.75) is 57.2 Å². The number of hydrogen-bond donors (Lipinski definition) is 0. The summed E-state index contributed by atoms with van der Waals surface area (Å²) in [7, 11) is 0. The predicted octanol–water partition coefficient (Wildman–Crippen LogP) is 5.44. The number of aryl methyl sites for hydroxylation is 2. The molecule has 0 N–H and O–H groups in total. The molecule has 0 heterocycles. The predicted molar refractivity (Wildman–Crippen MR) is 78.8 cm³/mol. The van der Waals surface area contributed by atoms with Gasteiger partial charge in [-0.1, -0.05) is 54.4 Å². The largest absolute Gasteiger partial charge is 0.0839 e. The molecule has 0 saturated heterocycles. The number of benzene rings is 1. The van der Waals surface area contributed by atoms with Gasteiger partial charge in [0.2, 0.25) is 0 Å². The van der Waals surface area contributed by atoms with Crippen molar-refractivity contribution in [3.63, 3.8) is 0 Å². The van der Waals surface area contributed by atoms with Crippen molar-refractivity contribution < 1.29 is 0 Å². The maximum atomic E-state index is 3.86. The second kappa shape index (κ2) is 6.04. The van der Waals surface area contributed by atoms with Gasteiger partial charge in [0.15, 0.2) is 0 Å². The summed E-state index contributed by atoms with van der Waals surface area (Å²) < 4.78 is 0. The molecule has 94 valence electrons. The number of halogens is 1. The molecule has 0 bridgehead atoms. The average Bonchev–Trinajstić information content (AvgIpc) is 2.38. The third-order valence-electron chi connectivity index (χ3n) is 4.04. The third kappa shape index (κ3) is 3.34. The Morgan fingerprint density at radius 1 is 1.18 bits per heavy atom. The molecule has 0 amide bonds. The van der Waals surface area contributed by atoms with Crippen molar-refractivity contribution in [2.24, 2.45) is 5.92 Å². The highest BCUT2D eigenvalue weighted by Crippen LogP contribution is 2.33. The van der Waals surface area contributed by atoms with Crippen LogP contribution in [0.5, 0.6) is 0 Å². The van der Waals surface area contributed by atoms with Crippen molar-refractivity contribution in [3.05, 3.63) is 34.9 Å². The SMILES string of the molecule is CCC(C)CC(Br)c1ccc2c(c1)CCCC2. The molecular formula is C16H23Br. The molecule has 1 aliphatic rings. The van der Waals surface area contributed by atoms with Crippen LogP contribution in [0, 0.1) is 5.92 Å². The van der Waals surface area contributed by atoms with Crippen molar-refractivity contribution in [3.8, 4) is 0 Å². The molecule has 2 atom stereocenters. The Morgan fingerprint density at radius 3 is 2.59 bits per heavy atom. The van der Waals surface area contributed by atoms with E-state index in [1.807, 2.05) is 0 Å². The van der Waals surface area contributed by atoms with E-state index in [2.05, 4.69) is 48.0 Å². The summed E-state index contributed by atoms with van der Waals surface area (Å²) in [6.07, 6.45) is 7.83. The molecule has 0 nitrogen and oxygen atoms in total. The molecule has 1 heteroatoms. The zero-order valence-electron chi connectivity index (χ0n) is 11.0. The topological polar surface area (TPSA) is 0 Å². The molecule has 0 saturated carbocycles. The van der Waals surface area contributed by atoms with Gasteiger partial charge in [0.25, 0.3) is 0 Å². The molecule has 1 aromatic carbocycles. The first-order valence-corrected chi connectivity index (χ1v) is 7.88. The highest BCUT2D eigenvalue weighted by atomic mass is 79.9. The smallest absolute Gasteiger partial charge is 0.0397 e. The number of fused-ring (bicyclic) bond motifs is 1. The van der Waals surface area contributed by atoms with Gasteiger partial charge in [0.05, 0.1) is 0 Å². The first kappa shape index (κ1) is 13.1. The zero-order valence-corrected chi connectivity index (χ0v) is 12.6. The highest BCUT2D eigenvalue weighted by Gasteiger charge is 2.14. The van der Waals surface area contributed by atoms with Gasteiger partial charge in [-0.2, -0.15) is 0 Å². The van der Waals surface area contributed by atoms with Crippen LogP contribution < -0.4 is 0 Å². The van der Waals surface area contributed by atoms with Crippen molar-refractivity contribution in [1.82, 2.24) is 0 Å². The van der Waals surface area contributed by atoms with E-state index in [4.69, 9.17) is 0 Å². The number of hydrogen-bond acceptors (Lipinski definition) is 0. The van der Waals surface area contributed by atoms with Crippen LogP contribution in [0.4, 0.5) is 0 Å². The van der Waals surface area contributed by atoms with E-state index in [1.165, 1.54) is 44.1 Å². The van der Waals surface area contributed by atoms with Crippen LogP contribution in [0.25, 0.3) is 0 Å². The van der Waals surface area contributed by atoms with Crippen LogP contribution in [-0.4, -0.2) is 0 Å². The van der Waals surface area contributed by atoms with Crippen molar-refractivity contribution in [2.75, 3.05) is 0 Å². The van der Waals surface area contributed by atoms with Crippen LogP contribution in [0.15, 0.2) is 18.2 Å². The Hall–Kier alpha value is -0.300. The summed E-state index contributed by atoms with van der Waals surface area (Å²) in [6, 6.07) is 7.12. The molecular weight excluding hydrogens is 272 g/mol. The molecule has 17 heavy (non-hydrogen) atoms. The monoisotopic (exact) mass is 294 g/mol. The van der Waals surface area contributed by atoms with Crippen molar-refractivity contribution in [1.29, 1.82) is 0 Å². The quantitative estimate of drug-likeness (QED) is 0.649. The average molecular weight is 295 g/mol. The summed E-state index contributed by atoms with van der Waals surface area (Å²) in [5.41, 5.74) is 4.66. The highest BCUT2D eigenvalue weighted by molar-refractivity contribution is 9.09. The number of alkyl halides is 1. The fourth-order valence-electron chi connectivity index (χ4n) is 2.60. The Kier molecular flexibility index (Phi) is 4.67. The Morgan fingerprint density at radius 2 is 1.88 bits per heavy atom. The zero-order chi connectivity index (χ0) is 12.3.